The number of nitrogens with one attached hydrogen (secondary N) is 1. The fourth-order valence-electron chi connectivity index (χ4n) is 3.90. The first-order chi connectivity index (χ1) is 16.8. The number of benzene rings is 3. The van der Waals surface area contributed by atoms with E-state index in [4.69, 9.17) is 9.47 Å². The maximum atomic E-state index is 14.5. The molecule has 0 saturated carbocycles. The number of carbonyl (C=O) groups excluding carboxylic acids is 2. The highest BCUT2D eigenvalue weighted by molar-refractivity contribution is 5.97. The van der Waals surface area contributed by atoms with Gasteiger partial charge in [-0.15, -0.1) is 0 Å². The van der Waals surface area contributed by atoms with Crippen LogP contribution in [0.5, 0.6) is 0 Å². The molecular weight excluding hydrogens is 459 g/mol. The molecule has 0 fully saturated rings. The number of halogens is 3. The van der Waals surface area contributed by atoms with E-state index in [0.29, 0.717) is 16.6 Å². The van der Waals surface area contributed by atoms with Crippen molar-refractivity contribution in [3.8, 4) is 0 Å². The maximum Gasteiger partial charge on any atom is 0.397 e. The van der Waals surface area contributed by atoms with Crippen molar-refractivity contribution in [2.75, 3.05) is 0 Å². The van der Waals surface area contributed by atoms with Gasteiger partial charge in [0.15, 0.2) is 5.92 Å². The Morgan fingerprint density at radius 1 is 0.743 bits per heavy atom. The normalized spacial score (nSPS) is 12.5. The van der Waals surface area contributed by atoms with E-state index in [1.165, 1.54) is 12.3 Å². The summed E-state index contributed by atoms with van der Waals surface area (Å²) in [6.07, 6.45) is -3.77. The van der Waals surface area contributed by atoms with Gasteiger partial charge in [0.05, 0.1) is 0 Å². The summed E-state index contributed by atoms with van der Waals surface area (Å²) < 4.78 is 53.8. The average Bonchev–Trinajstić information content (AvgIpc) is 3.28. The van der Waals surface area contributed by atoms with Crippen LogP contribution in [0.3, 0.4) is 0 Å². The summed E-state index contributed by atoms with van der Waals surface area (Å²) in [5, 5.41) is 0.256. The third kappa shape index (κ3) is 5.71. The highest BCUT2D eigenvalue weighted by atomic mass is 19.4. The number of aromatic amines is 1. The molecule has 1 N–H and O–H groups in total. The van der Waals surface area contributed by atoms with Gasteiger partial charge in [-0.3, -0.25) is 9.59 Å². The molecule has 0 spiro atoms. The number of hydrogen-bond donors (Lipinski definition) is 1. The lowest BCUT2D eigenvalue weighted by Gasteiger charge is -2.26. The Morgan fingerprint density at radius 3 is 1.74 bits per heavy atom. The highest BCUT2D eigenvalue weighted by Crippen LogP contribution is 2.44. The fourth-order valence-corrected chi connectivity index (χ4v) is 3.90. The second-order valence-electron chi connectivity index (χ2n) is 7.97. The number of H-pyrrole nitrogens is 1. The number of alkyl halides is 3. The van der Waals surface area contributed by atoms with E-state index in [1.54, 1.807) is 78.9 Å². The molecule has 0 amide bonds. The third-order valence-corrected chi connectivity index (χ3v) is 5.60. The predicted molar refractivity (Wildman–Crippen MR) is 123 cm³/mol. The fraction of sp³-hybridized carbons (Fsp3) is 0.185. The lowest BCUT2D eigenvalue weighted by Crippen LogP contribution is -2.40. The van der Waals surface area contributed by atoms with Crippen molar-refractivity contribution in [2.24, 2.45) is 5.92 Å². The van der Waals surface area contributed by atoms with Crippen molar-refractivity contribution in [1.29, 1.82) is 0 Å². The van der Waals surface area contributed by atoms with Gasteiger partial charge in [0.25, 0.3) is 0 Å². The standard InChI is InChI=1S/C27H22F3NO4/c28-27(29,30)24(21-15-31-22-14-8-7-13-20(21)22)23(25(32)34-16-18-9-3-1-4-10-18)26(33)35-17-19-11-5-2-6-12-19/h1-15,23-24,31H,16-17H2/t24-/m0/s1. The monoisotopic (exact) mass is 481 g/mol. The molecule has 8 heteroatoms. The van der Waals surface area contributed by atoms with Crippen LogP contribution >= 0.6 is 0 Å². The molecule has 180 valence electrons. The van der Waals surface area contributed by atoms with E-state index in [2.05, 4.69) is 4.98 Å². The average molecular weight is 481 g/mol. The first kappa shape index (κ1) is 24.1. The Hall–Kier alpha value is -4.07. The zero-order valence-electron chi connectivity index (χ0n) is 18.5. The maximum absolute atomic E-state index is 14.5. The number of esters is 2. The molecule has 1 aromatic heterocycles. The van der Waals surface area contributed by atoms with Gasteiger partial charge in [-0.1, -0.05) is 78.9 Å². The quantitative estimate of drug-likeness (QED) is 0.251. The van der Waals surface area contributed by atoms with Crippen LogP contribution in [0.4, 0.5) is 13.2 Å². The number of aromatic nitrogens is 1. The topological polar surface area (TPSA) is 68.4 Å². The minimum absolute atomic E-state index is 0.230. The number of fused-ring (bicyclic) bond motifs is 1. The summed E-state index contributed by atoms with van der Waals surface area (Å²) in [6.45, 7) is -0.554. The zero-order valence-corrected chi connectivity index (χ0v) is 18.5. The van der Waals surface area contributed by atoms with Gasteiger partial charge in [0, 0.05) is 17.1 Å². The van der Waals surface area contributed by atoms with Crippen molar-refractivity contribution in [1.82, 2.24) is 4.98 Å². The molecule has 5 nitrogen and oxygen atoms in total. The smallest absolute Gasteiger partial charge is 0.397 e. The molecular formula is C27H22F3NO4. The van der Waals surface area contributed by atoms with Gasteiger partial charge < -0.3 is 14.5 Å². The summed E-state index contributed by atoms with van der Waals surface area (Å²) in [7, 11) is 0. The van der Waals surface area contributed by atoms with Crippen LogP contribution in [0.2, 0.25) is 0 Å². The Bertz CT molecular complexity index is 1230. The molecule has 0 unspecified atom stereocenters. The van der Waals surface area contributed by atoms with E-state index < -0.39 is 30.0 Å². The largest absolute Gasteiger partial charge is 0.460 e. The molecule has 0 bridgehead atoms. The van der Waals surface area contributed by atoms with Crippen LogP contribution in [0.25, 0.3) is 10.9 Å². The van der Waals surface area contributed by atoms with Crippen molar-refractivity contribution < 1.29 is 32.2 Å². The van der Waals surface area contributed by atoms with E-state index in [9.17, 15) is 22.8 Å². The highest BCUT2D eigenvalue weighted by Gasteiger charge is 2.54. The summed E-state index contributed by atoms with van der Waals surface area (Å²) in [4.78, 5) is 28.9. The lowest BCUT2D eigenvalue weighted by molar-refractivity contribution is -0.190. The van der Waals surface area contributed by atoms with E-state index >= 15 is 0 Å². The number of ether oxygens (including phenoxy) is 2. The SMILES string of the molecule is O=C(OCc1ccccc1)C(C(=O)OCc1ccccc1)[C@H](c1c[nH]c2ccccc12)C(F)(F)F. The molecule has 1 atom stereocenters. The molecule has 3 aromatic carbocycles. The molecule has 35 heavy (non-hydrogen) atoms. The molecule has 0 saturated heterocycles. The third-order valence-electron chi connectivity index (χ3n) is 5.60. The molecule has 4 aromatic rings. The minimum Gasteiger partial charge on any atom is -0.460 e. The van der Waals surface area contributed by atoms with Gasteiger partial charge in [-0.05, 0) is 22.8 Å². The predicted octanol–water partition coefficient (Wildman–Crippen LogP) is 5.92. The molecule has 0 aliphatic rings. The second-order valence-corrected chi connectivity index (χ2v) is 7.97. The van der Waals surface area contributed by atoms with Crippen LogP contribution in [0.15, 0.2) is 91.1 Å². The second kappa shape index (κ2) is 10.5. The minimum atomic E-state index is -4.94. The Balaban J connectivity index is 1.68. The van der Waals surface area contributed by atoms with Crippen molar-refractivity contribution in [3.05, 3.63) is 108 Å². The summed E-state index contributed by atoms with van der Waals surface area (Å²) in [5.74, 6) is -7.33. The zero-order chi connectivity index (χ0) is 24.8. The number of rotatable bonds is 8. The number of hydrogen-bond acceptors (Lipinski definition) is 4. The van der Waals surface area contributed by atoms with Crippen molar-refractivity contribution >= 4 is 22.8 Å². The van der Waals surface area contributed by atoms with Crippen LogP contribution in [-0.4, -0.2) is 23.1 Å². The van der Waals surface area contributed by atoms with Gasteiger partial charge in [0.2, 0.25) is 0 Å². The summed E-state index contributed by atoms with van der Waals surface area (Å²) >= 11 is 0. The van der Waals surface area contributed by atoms with E-state index in [0.717, 1.165) is 0 Å². The molecule has 4 rings (SSSR count). The van der Waals surface area contributed by atoms with E-state index in [-0.39, 0.29) is 24.2 Å². The lowest BCUT2D eigenvalue weighted by atomic mass is 9.85. The molecule has 1 heterocycles. The van der Waals surface area contributed by atoms with Crippen LogP contribution in [0.1, 0.15) is 22.6 Å². The first-order valence-corrected chi connectivity index (χ1v) is 10.9. The van der Waals surface area contributed by atoms with Crippen molar-refractivity contribution in [3.63, 3.8) is 0 Å². The van der Waals surface area contributed by atoms with E-state index in [1.807, 2.05) is 0 Å². The Kier molecular flexibility index (Phi) is 7.19. The Labute approximate surface area is 199 Å². The summed E-state index contributed by atoms with van der Waals surface area (Å²) in [5.41, 5.74) is 1.37. The number of para-hydroxylation sites is 1. The molecule has 0 aliphatic heterocycles. The van der Waals surface area contributed by atoms with Gasteiger partial charge >= 0.3 is 18.1 Å². The van der Waals surface area contributed by atoms with Gasteiger partial charge in [0.1, 0.15) is 19.1 Å². The van der Waals surface area contributed by atoms with Crippen molar-refractivity contribution in [2.45, 2.75) is 25.3 Å². The van der Waals surface area contributed by atoms with Crippen LogP contribution in [-0.2, 0) is 32.3 Å². The number of carbonyl (C=O) groups is 2. The van der Waals surface area contributed by atoms with Gasteiger partial charge in [-0.25, -0.2) is 0 Å². The molecule has 0 aliphatic carbocycles. The molecule has 0 radical (unpaired) electrons. The Morgan fingerprint density at radius 2 is 1.23 bits per heavy atom. The van der Waals surface area contributed by atoms with Crippen LogP contribution in [0, 0.1) is 5.92 Å². The van der Waals surface area contributed by atoms with Gasteiger partial charge in [-0.2, -0.15) is 13.2 Å². The van der Waals surface area contributed by atoms with Crippen LogP contribution < -0.4 is 0 Å². The first-order valence-electron chi connectivity index (χ1n) is 10.9. The summed E-state index contributed by atoms with van der Waals surface area (Å²) in [6, 6.07) is 23.4.